The highest BCUT2D eigenvalue weighted by Gasteiger charge is 2.19. The van der Waals surface area contributed by atoms with Gasteiger partial charge in [-0.2, -0.15) is 0 Å². The number of ether oxygens (including phenoxy) is 1. The van der Waals surface area contributed by atoms with Crippen molar-refractivity contribution >= 4 is 11.3 Å². The van der Waals surface area contributed by atoms with Gasteiger partial charge >= 0.3 is 0 Å². The van der Waals surface area contributed by atoms with Crippen molar-refractivity contribution in [1.29, 1.82) is 0 Å². The maximum Gasteiger partial charge on any atom is 0.148 e. The van der Waals surface area contributed by atoms with E-state index in [4.69, 9.17) is 10.5 Å². The summed E-state index contributed by atoms with van der Waals surface area (Å²) in [5.74, 6) is 1.41. The minimum absolute atomic E-state index is 0.0385. The lowest BCUT2D eigenvalue weighted by molar-refractivity contribution is 0.184. The van der Waals surface area contributed by atoms with Crippen molar-refractivity contribution in [2.75, 3.05) is 0 Å². The molecule has 0 bridgehead atoms. The molecule has 0 saturated carbocycles. The molecule has 0 spiro atoms. The van der Waals surface area contributed by atoms with Crippen LogP contribution in [0.15, 0.2) is 41.8 Å². The number of hydrogen-bond donors (Lipinski definition) is 1. The number of nitrogens with two attached hydrogens (primary N) is 1. The van der Waals surface area contributed by atoms with Gasteiger partial charge in [0.2, 0.25) is 0 Å². The van der Waals surface area contributed by atoms with E-state index in [9.17, 15) is 0 Å². The molecule has 0 saturated heterocycles. The van der Waals surface area contributed by atoms with Crippen molar-refractivity contribution in [3.63, 3.8) is 0 Å². The summed E-state index contributed by atoms with van der Waals surface area (Å²) in [6, 6.07) is 12.3. The molecule has 2 aromatic rings. The summed E-state index contributed by atoms with van der Waals surface area (Å²) < 4.78 is 6.04. The highest BCUT2D eigenvalue weighted by atomic mass is 32.1. The van der Waals surface area contributed by atoms with Gasteiger partial charge in [-0.05, 0) is 42.0 Å². The Morgan fingerprint density at radius 1 is 1.05 bits per heavy atom. The quantitative estimate of drug-likeness (QED) is 0.881. The summed E-state index contributed by atoms with van der Waals surface area (Å²) in [4.78, 5) is 1.17. The van der Waals surface area contributed by atoms with Gasteiger partial charge in [0, 0.05) is 10.9 Å². The average molecular weight is 275 g/mol. The summed E-state index contributed by atoms with van der Waals surface area (Å²) in [7, 11) is 0. The molecular weight excluding hydrogens is 254 g/mol. The van der Waals surface area contributed by atoms with E-state index in [0.29, 0.717) is 5.92 Å². The Labute approximate surface area is 119 Å². The maximum atomic E-state index is 6.04. The van der Waals surface area contributed by atoms with Gasteiger partial charge in [0.1, 0.15) is 11.9 Å². The smallest absolute Gasteiger partial charge is 0.148 e. The van der Waals surface area contributed by atoms with Gasteiger partial charge in [-0.25, -0.2) is 0 Å². The summed E-state index contributed by atoms with van der Waals surface area (Å²) in [5, 5.41) is 2.05. The van der Waals surface area contributed by atoms with Crippen LogP contribution in [-0.4, -0.2) is 6.04 Å². The van der Waals surface area contributed by atoms with Gasteiger partial charge in [0.25, 0.3) is 0 Å². The van der Waals surface area contributed by atoms with Crippen molar-refractivity contribution in [2.24, 2.45) is 5.73 Å². The van der Waals surface area contributed by atoms with Crippen molar-refractivity contribution in [1.82, 2.24) is 0 Å². The van der Waals surface area contributed by atoms with Crippen molar-refractivity contribution in [2.45, 2.75) is 38.8 Å². The molecule has 0 aliphatic heterocycles. The monoisotopic (exact) mass is 275 g/mol. The zero-order valence-electron chi connectivity index (χ0n) is 11.7. The Morgan fingerprint density at radius 2 is 1.74 bits per heavy atom. The minimum atomic E-state index is -0.0788. The molecule has 0 aliphatic rings. The van der Waals surface area contributed by atoms with E-state index in [1.165, 1.54) is 10.4 Å². The minimum Gasteiger partial charge on any atom is -0.483 e. The molecule has 3 heteroatoms. The van der Waals surface area contributed by atoms with Crippen molar-refractivity contribution < 1.29 is 4.74 Å². The molecule has 2 N–H and O–H groups in total. The standard InChI is InChI=1S/C16H21NOS/c1-11(2)13-6-8-14(9-7-13)18-16(12(3)17)15-5-4-10-19-15/h4-12,16H,17H2,1-3H3. The third kappa shape index (κ3) is 3.58. The van der Waals surface area contributed by atoms with Crippen LogP contribution >= 0.6 is 11.3 Å². The third-order valence-corrected chi connectivity index (χ3v) is 4.04. The lowest BCUT2D eigenvalue weighted by Crippen LogP contribution is -2.28. The fourth-order valence-electron chi connectivity index (χ4n) is 1.96. The van der Waals surface area contributed by atoms with Crippen LogP contribution in [0.4, 0.5) is 0 Å². The van der Waals surface area contributed by atoms with Gasteiger partial charge in [0.05, 0.1) is 0 Å². The molecule has 0 aliphatic carbocycles. The molecular formula is C16H21NOS. The Kier molecular flexibility index (Phi) is 4.61. The van der Waals surface area contributed by atoms with Crippen molar-refractivity contribution in [3.8, 4) is 5.75 Å². The molecule has 2 nitrogen and oxygen atoms in total. The topological polar surface area (TPSA) is 35.2 Å². The van der Waals surface area contributed by atoms with Gasteiger partial charge in [-0.1, -0.05) is 32.0 Å². The van der Waals surface area contributed by atoms with Crippen LogP contribution in [0, 0.1) is 0 Å². The zero-order chi connectivity index (χ0) is 13.8. The predicted molar refractivity (Wildman–Crippen MR) is 81.9 cm³/mol. The Balaban J connectivity index is 2.13. The number of benzene rings is 1. The molecule has 0 fully saturated rings. The Hall–Kier alpha value is -1.32. The van der Waals surface area contributed by atoms with Crippen LogP contribution in [-0.2, 0) is 0 Å². The van der Waals surface area contributed by atoms with E-state index in [-0.39, 0.29) is 12.1 Å². The molecule has 1 heterocycles. The second kappa shape index (κ2) is 6.22. The first kappa shape index (κ1) is 14.1. The lowest BCUT2D eigenvalue weighted by atomic mass is 10.0. The fraction of sp³-hybridized carbons (Fsp3) is 0.375. The van der Waals surface area contributed by atoms with E-state index in [2.05, 4.69) is 37.4 Å². The Morgan fingerprint density at radius 3 is 2.21 bits per heavy atom. The van der Waals surface area contributed by atoms with E-state index in [0.717, 1.165) is 5.75 Å². The fourth-order valence-corrected chi connectivity index (χ4v) is 2.82. The molecule has 19 heavy (non-hydrogen) atoms. The first-order valence-electron chi connectivity index (χ1n) is 6.63. The number of hydrogen-bond acceptors (Lipinski definition) is 3. The molecule has 2 atom stereocenters. The highest BCUT2D eigenvalue weighted by molar-refractivity contribution is 7.10. The SMILES string of the molecule is CC(C)c1ccc(OC(c2cccs2)C(C)N)cc1. The summed E-state index contributed by atoms with van der Waals surface area (Å²) in [5.41, 5.74) is 7.36. The second-order valence-electron chi connectivity index (χ2n) is 5.14. The second-order valence-corrected chi connectivity index (χ2v) is 6.12. The van der Waals surface area contributed by atoms with Gasteiger partial charge in [0.15, 0.2) is 0 Å². The molecule has 2 rings (SSSR count). The average Bonchev–Trinajstić information content (AvgIpc) is 2.89. The zero-order valence-corrected chi connectivity index (χ0v) is 12.5. The van der Waals surface area contributed by atoms with Crippen LogP contribution in [0.25, 0.3) is 0 Å². The number of thiophene rings is 1. The normalized spacial score (nSPS) is 14.4. The highest BCUT2D eigenvalue weighted by Crippen LogP contribution is 2.28. The molecule has 102 valence electrons. The molecule has 0 amide bonds. The summed E-state index contributed by atoms with van der Waals surface area (Å²) in [6.45, 7) is 6.35. The molecule has 2 unspecified atom stereocenters. The van der Waals surface area contributed by atoms with E-state index >= 15 is 0 Å². The molecule has 1 aromatic carbocycles. The predicted octanol–water partition coefficient (Wildman–Crippen LogP) is 4.34. The Bertz CT molecular complexity index is 488. The third-order valence-electron chi connectivity index (χ3n) is 3.11. The maximum absolute atomic E-state index is 6.04. The largest absolute Gasteiger partial charge is 0.483 e. The van der Waals surface area contributed by atoms with E-state index in [1.807, 2.05) is 25.1 Å². The first-order valence-corrected chi connectivity index (χ1v) is 7.51. The van der Waals surface area contributed by atoms with Crippen LogP contribution in [0.1, 0.15) is 43.2 Å². The van der Waals surface area contributed by atoms with Crippen LogP contribution in [0.3, 0.4) is 0 Å². The van der Waals surface area contributed by atoms with Gasteiger partial charge < -0.3 is 10.5 Å². The molecule has 1 aromatic heterocycles. The van der Waals surface area contributed by atoms with Crippen LogP contribution in [0.2, 0.25) is 0 Å². The lowest BCUT2D eigenvalue weighted by Gasteiger charge is -2.21. The van der Waals surface area contributed by atoms with E-state index < -0.39 is 0 Å². The molecule has 0 radical (unpaired) electrons. The van der Waals surface area contributed by atoms with Crippen LogP contribution < -0.4 is 10.5 Å². The van der Waals surface area contributed by atoms with E-state index in [1.54, 1.807) is 11.3 Å². The van der Waals surface area contributed by atoms with Crippen molar-refractivity contribution in [3.05, 3.63) is 52.2 Å². The summed E-state index contributed by atoms with van der Waals surface area (Å²) in [6.07, 6.45) is -0.0788. The first-order chi connectivity index (χ1) is 9.08. The van der Waals surface area contributed by atoms with Crippen LogP contribution in [0.5, 0.6) is 5.75 Å². The van der Waals surface area contributed by atoms with Gasteiger partial charge in [-0.3, -0.25) is 0 Å². The summed E-state index contributed by atoms with van der Waals surface area (Å²) >= 11 is 1.68. The van der Waals surface area contributed by atoms with Gasteiger partial charge in [-0.15, -0.1) is 11.3 Å². The number of rotatable bonds is 5.